The molecule has 2 rings (SSSR count). The molecule has 0 saturated heterocycles. The summed E-state index contributed by atoms with van der Waals surface area (Å²) in [5.74, 6) is 0. The Morgan fingerprint density at radius 2 is 2.11 bits per heavy atom. The van der Waals surface area contributed by atoms with Gasteiger partial charge in [0, 0.05) is 25.6 Å². The molecule has 0 saturated carbocycles. The maximum atomic E-state index is 9.15. The van der Waals surface area contributed by atoms with Crippen LogP contribution in [0.4, 0.5) is 5.69 Å². The van der Waals surface area contributed by atoms with Gasteiger partial charge in [-0.05, 0) is 6.07 Å². The number of rotatable bonds is 6. The molecule has 1 heterocycles. The third kappa shape index (κ3) is 2.75. The third-order valence-electron chi connectivity index (χ3n) is 2.80. The zero-order chi connectivity index (χ0) is 12.8. The number of fused-ring (bicyclic) bond motifs is 1. The fourth-order valence-electron chi connectivity index (χ4n) is 1.92. The van der Waals surface area contributed by atoms with Gasteiger partial charge >= 0.3 is 0 Å². The van der Waals surface area contributed by atoms with Crippen LogP contribution in [0, 0.1) is 0 Å². The Kier molecular flexibility index (Phi) is 4.44. The lowest BCUT2D eigenvalue weighted by Crippen LogP contribution is -2.30. The fraction of sp³-hybridized carbons (Fsp3) is 0.385. The summed E-state index contributed by atoms with van der Waals surface area (Å²) in [4.78, 5) is 2.06. The first-order valence-electron chi connectivity index (χ1n) is 5.92. The molecule has 0 aliphatic rings. The second-order valence-corrected chi connectivity index (χ2v) is 3.95. The number of ether oxygens (including phenoxy) is 1. The maximum absolute atomic E-state index is 9.15. The second-order valence-electron chi connectivity index (χ2n) is 3.95. The van der Waals surface area contributed by atoms with Crippen LogP contribution in [0.25, 0.3) is 10.9 Å². The Hall–Kier alpha value is -1.72. The van der Waals surface area contributed by atoms with E-state index < -0.39 is 0 Å². The van der Waals surface area contributed by atoms with Gasteiger partial charge < -0.3 is 14.7 Å². The molecule has 5 heteroatoms. The minimum atomic E-state index is 0.0976. The van der Waals surface area contributed by atoms with Crippen molar-refractivity contribution in [3.63, 3.8) is 0 Å². The molecule has 1 aromatic carbocycles. The average molecular weight is 247 g/mol. The predicted octanol–water partition coefficient (Wildman–Crippen LogP) is 1.07. The molecule has 0 atom stereocenters. The van der Waals surface area contributed by atoms with Crippen molar-refractivity contribution >= 4 is 16.6 Å². The van der Waals surface area contributed by atoms with Gasteiger partial charge in [-0.15, -0.1) is 0 Å². The highest BCUT2D eigenvalue weighted by Crippen LogP contribution is 2.23. The molecule has 0 unspecified atom stereocenters. The minimum absolute atomic E-state index is 0.0976. The van der Waals surface area contributed by atoms with Crippen LogP contribution in [0.3, 0.4) is 0 Å². The van der Waals surface area contributed by atoms with Crippen molar-refractivity contribution in [1.29, 1.82) is 0 Å². The molecule has 0 radical (unpaired) electrons. The SMILES string of the molecule is COCCN(CCO)c1cnnc2ccccc12. The zero-order valence-electron chi connectivity index (χ0n) is 10.4. The van der Waals surface area contributed by atoms with Crippen molar-refractivity contribution < 1.29 is 9.84 Å². The Morgan fingerprint density at radius 3 is 2.89 bits per heavy atom. The van der Waals surface area contributed by atoms with E-state index in [9.17, 15) is 0 Å². The number of aliphatic hydroxyl groups is 1. The van der Waals surface area contributed by atoms with Gasteiger partial charge in [0.15, 0.2) is 0 Å². The van der Waals surface area contributed by atoms with Crippen LogP contribution in [0.5, 0.6) is 0 Å². The first-order chi connectivity index (χ1) is 8.86. The highest BCUT2D eigenvalue weighted by Gasteiger charge is 2.10. The molecule has 5 nitrogen and oxygen atoms in total. The molecule has 0 spiro atoms. The number of hydrogen-bond donors (Lipinski definition) is 1. The first kappa shape index (κ1) is 12.7. The number of benzene rings is 1. The standard InChI is InChI=1S/C13H17N3O2/c1-18-9-7-16(6-8-17)13-10-14-15-12-5-3-2-4-11(12)13/h2-5,10,17H,6-9H2,1H3. The molecule has 0 aliphatic heterocycles. The van der Waals surface area contributed by atoms with Gasteiger partial charge in [-0.25, -0.2) is 0 Å². The van der Waals surface area contributed by atoms with E-state index in [1.54, 1.807) is 13.3 Å². The summed E-state index contributed by atoms with van der Waals surface area (Å²) >= 11 is 0. The smallest absolute Gasteiger partial charge is 0.0950 e. The van der Waals surface area contributed by atoms with Gasteiger partial charge in [-0.1, -0.05) is 18.2 Å². The van der Waals surface area contributed by atoms with Gasteiger partial charge in [0.05, 0.1) is 30.6 Å². The fourth-order valence-corrected chi connectivity index (χ4v) is 1.92. The molecule has 0 amide bonds. The van der Waals surface area contributed by atoms with E-state index in [2.05, 4.69) is 15.1 Å². The van der Waals surface area contributed by atoms with Crippen LogP contribution in [-0.4, -0.2) is 48.7 Å². The first-order valence-corrected chi connectivity index (χ1v) is 5.92. The van der Waals surface area contributed by atoms with Crippen molar-refractivity contribution in [1.82, 2.24) is 10.2 Å². The lowest BCUT2D eigenvalue weighted by Gasteiger charge is -2.24. The average Bonchev–Trinajstić information content (AvgIpc) is 2.43. The van der Waals surface area contributed by atoms with Crippen LogP contribution in [-0.2, 0) is 4.74 Å². The van der Waals surface area contributed by atoms with Gasteiger partial charge in [0.2, 0.25) is 0 Å². The molecule has 0 bridgehead atoms. The van der Waals surface area contributed by atoms with Crippen molar-refractivity contribution in [2.45, 2.75) is 0 Å². The van der Waals surface area contributed by atoms with E-state index in [1.807, 2.05) is 24.3 Å². The Morgan fingerprint density at radius 1 is 1.28 bits per heavy atom. The van der Waals surface area contributed by atoms with Crippen LogP contribution in [0.2, 0.25) is 0 Å². The summed E-state index contributed by atoms with van der Waals surface area (Å²) in [6.07, 6.45) is 1.73. The third-order valence-corrected chi connectivity index (χ3v) is 2.80. The Balaban J connectivity index is 2.36. The van der Waals surface area contributed by atoms with Gasteiger partial charge in [-0.3, -0.25) is 0 Å². The van der Waals surface area contributed by atoms with Crippen LogP contribution in [0.15, 0.2) is 30.5 Å². The molecule has 0 aliphatic carbocycles. The topological polar surface area (TPSA) is 58.5 Å². The molecule has 96 valence electrons. The van der Waals surface area contributed by atoms with E-state index in [0.29, 0.717) is 19.7 Å². The monoisotopic (exact) mass is 247 g/mol. The van der Waals surface area contributed by atoms with Crippen molar-refractivity contribution in [2.24, 2.45) is 0 Å². The summed E-state index contributed by atoms with van der Waals surface area (Å²) < 4.78 is 5.09. The predicted molar refractivity (Wildman–Crippen MR) is 70.7 cm³/mol. The summed E-state index contributed by atoms with van der Waals surface area (Å²) in [5.41, 5.74) is 1.84. The van der Waals surface area contributed by atoms with E-state index in [4.69, 9.17) is 9.84 Å². The molecule has 2 aromatic rings. The normalized spacial score (nSPS) is 10.8. The second kappa shape index (κ2) is 6.28. The van der Waals surface area contributed by atoms with Crippen molar-refractivity contribution in [2.75, 3.05) is 38.3 Å². The summed E-state index contributed by atoms with van der Waals surface area (Å²) in [7, 11) is 1.67. The van der Waals surface area contributed by atoms with Crippen molar-refractivity contribution in [3.05, 3.63) is 30.5 Å². The lowest BCUT2D eigenvalue weighted by atomic mass is 10.2. The highest BCUT2D eigenvalue weighted by molar-refractivity contribution is 5.90. The quantitative estimate of drug-likeness (QED) is 0.827. The van der Waals surface area contributed by atoms with Crippen LogP contribution in [0.1, 0.15) is 0 Å². The lowest BCUT2D eigenvalue weighted by molar-refractivity contribution is 0.203. The highest BCUT2D eigenvalue weighted by atomic mass is 16.5. The zero-order valence-corrected chi connectivity index (χ0v) is 10.4. The molecule has 18 heavy (non-hydrogen) atoms. The maximum Gasteiger partial charge on any atom is 0.0950 e. The van der Waals surface area contributed by atoms with Crippen LogP contribution >= 0.6 is 0 Å². The number of aromatic nitrogens is 2. The molecule has 1 N–H and O–H groups in total. The number of methoxy groups -OCH3 is 1. The Labute approximate surface area is 106 Å². The molecule has 1 aromatic heterocycles. The Bertz CT molecular complexity index is 499. The largest absolute Gasteiger partial charge is 0.395 e. The number of nitrogens with zero attached hydrogens (tertiary/aromatic N) is 3. The van der Waals surface area contributed by atoms with Gasteiger partial charge in [0.25, 0.3) is 0 Å². The van der Waals surface area contributed by atoms with Gasteiger partial charge in [0.1, 0.15) is 0 Å². The van der Waals surface area contributed by atoms with E-state index in [-0.39, 0.29) is 6.61 Å². The number of anilines is 1. The summed E-state index contributed by atoms with van der Waals surface area (Å²) in [6.45, 7) is 1.98. The van der Waals surface area contributed by atoms with Crippen molar-refractivity contribution in [3.8, 4) is 0 Å². The molecule has 0 fully saturated rings. The van der Waals surface area contributed by atoms with E-state index in [1.165, 1.54) is 0 Å². The molecular weight excluding hydrogens is 230 g/mol. The number of aliphatic hydroxyl groups excluding tert-OH is 1. The number of hydrogen-bond acceptors (Lipinski definition) is 5. The summed E-state index contributed by atoms with van der Waals surface area (Å²) in [5, 5.41) is 18.3. The van der Waals surface area contributed by atoms with E-state index >= 15 is 0 Å². The minimum Gasteiger partial charge on any atom is -0.395 e. The van der Waals surface area contributed by atoms with E-state index in [0.717, 1.165) is 16.6 Å². The summed E-state index contributed by atoms with van der Waals surface area (Å²) in [6, 6.07) is 7.85. The van der Waals surface area contributed by atoms with Gasteiger partial charge in [-0.2, -0.15) is 10.2 Å². The van der Waals surface area contributed by atoms with Crippen LogP contribution < -0.4 is 4.90 Å². The molecular formula is C13H17N3O2.